The summed E-state index contributed by atoms with van der Waals surface area (Å²) in [4.78, 5) is 17.5. The van der Waals surface area contributed by atoms with Crippen molar-refractivity contribution in [3.63, 3.8) is 0 Å². The molecule has 0 aliphatic rings. The molecule has 1 heterocycles. The molecule has 30 heavy (non-hydrogen) atoms. The van der Waals surface area contributed by atoms with Gasteiger partial charge in [0.25, 0.3) is 0 Å². The number of amides is 1. The fraction of sp³-hybridized carbons (Fsp3) is 0.346. The minimum Gasteiger partial charge on any atom is -0.464 e. The van der Waals surface area contributed by atoms with Crippen molar-refractivity contribution in [2.45, 2.75) is 46.3 Å². The molecule has 1 amide bonds. The van der Waals surface area contributed by atoms with Crippen molar-refractivity contribution >= 4 is 5.91 Å². The Labute approximate surface area is 180 Å². The third kappa shape index (κ3) is 6.60. The van der Waals surface area contributed by atoms with Crippen molar-refractivity contribution in [1.29, 1.82) is 0 Å². The molecule has 0 saturated heterocycles. The minimum absolute atomic E-state index is 0.129. The Balaban J connectivity index is 1.70. The number of hydrogen-bond donors (Lipinski definition) is 0. The van der Waals surface area contributed by atoms with Crippen LogP contribution in [0.15, 0.2) is 77.2 Å². The first kappa shape index (κ1) is 21.8. The van der Waals surface area contributed by atoms with E-state index in [0.29, 0.717) is 19.6 Å². The molecule has 4 heteroatoms. The van der Waals surface area contributed by atoms with Crippen LogP contribution in [0.5, 0.6) is 0 Å². The summed E-state index contributed by atoms with van der Waals surface area (Å²) < 4.78 is 5.76. The number of benzene rings is 2. The average molecular weight is 405 g/mol. The summed E-state index contributed by atoms with van der Waals surface area (Å²) in [5, 5.41) is 0. The van der Waals surface area contributed by atoms with Gasteiger partial charge in [-0.3, -0.25) is 9.69 Å². The van der Waals surface area contributed by atoms with Gasteiger partial charge in [0.15, 0.2) is 0 Å². The Hall–Kier alpha value is -2.85. The van der Waals surface area contributed by atoms with Gasteiger partial charge in [-0.1, -0.05) is 60.7 Å². The van der Waals surface area contributed by atoms with E-state index in [1.807, 2.05) is 60.4 Å². The van der Waals surface area contributed by atoms with E-state index >= 15 is 0 Å². The van der Waals surface area contributed by atoms with Crippen LogP contribution in [0, 0.1) is 6.92 Å². The summed E-state index contributed by atoms with van der Waals surface area (Å²) in [7, 11) is 0. The van der Waals surface area contributed by atoms with Gasteiger partial charge in [-0.25, -0.2) is 0 Å². The number of carbonyl (C=O) groups excluding carboxylic acids is 1. The summed E-state index contributed by atoms with van der Waals surface area (Å²) in [5.74, 6) is 1.83. The van der Waals surface area contributed by atoms with Crippen molar-refractivity contribution < 1.29 is 9.21 Å². The number of nitrogens with zero attached hydrogens (tertiary/aromatic N) is 2. The molecule has 0 saturated carbocycles. The molecule has 0 aliphatic heterocycles. The summed E-state index contributed by atoms with van der Waals surface area (Å²) in [6, 6.07) is 24.8. The highest BCUT2D eigenvalue weighted by Gasteiger charge is 2.21. The second-order valence-corrected chi connectivity index (χ2v) is 8.05. The molecule has 3 rings (SSSR count). The number of carbonyl (C=O) groups is 1. The molecule has 0 fully saturated rings. The summed E-state index contributed by atoms with van der Waals surface area (Å²) in [6.45, 7) is 8.52. The van der Waals surface area contributed by atoms with E-state index in [-0.39, 0.29) is 11.9 Å². The van der Waals surface area contributed by atoms with E-state index in [0.717, 1.165) is 24.5 Å². The smallest absolute Gasteiger partial charge is 0.237 e. The standard InChI is InChI=1S/C26H32N2O2/c1-21(2)28(18-24-12-8-5-9-13-24)20-26(29)27(19-25-15-14-22(3)30-25)17-16-23-10-6-4-7-11-23/h4-15,21H,16-20H2,1-3H3. The minimum atomic E-state index is 0.129. The van der Waals surface area contributed by atoms with Crippen LogP contribution < -0.4 is 0 Å². The van der Waals surface area contributed by atoms with E-state index in [1.165, 1.54) is 11.1 Å². The Morgan fingerprint density at radius 3 is 2.07 bits per heavy atom. The predicted molar refractivity (Wildman–Crippen MR) is 121 cm³/mol. The zero-order chi connectivity index (χ0) is 21.3. The highest BCUT2D eigenvalue weighted by Crippen LogP contribution is 2.14. The first-order valence-electron chi connectivity index (χ1n) is 10.7. The second-order valence-electron chi connectivity index (χ2n) is 8.05. The van der Waals surface area contributed by atoms with E-state index < -0.39 is 0 Å². The van der Waals surface area contributed by atoms with Crippen LogP contribution in [0.25, 0.3) is 0 Å². The van der Waals surface area contributed by atoms with Gasteiger partial charge in [-0.15, -0.1) is 0 Å². The van der Waals surface area contributed by atoms with Crippen LogP contribution in [-0.2, 0) is 24.3 Å². The van der Waals surface area contributed by atoms with Crippen LogP contribution in [0.1, 0.15) is 36.5 Å². The first-order valence-corrected chi connectivity index (χ1v) is 10.7. The highest BCUT2D eigenvalue weighted by molar-refractivity contribution is 5.78. The molecule has 158 valence electrons. The fourth-order valence-corrected chi connectivity index (χ4v) is 3.47. The molecule has 0 unspecified atom stereocenters. The molecule has 3 aromatic rings. The summed E-state index contributed by atoms with van der Waals surface area (Å²) in [6.07, 6.45) is 0.826. The Morgan fingerprint density at radius 2 is 1.50 bits per heavy atom. The second kappa shape index (κ2) is 10.8. The third-order valence-electron chi connectivity index (χ3n) is 5.31. The van der Waals surface area contributed by atoms with Gasteiger partial charge < -0.3 is 9.32 Å². The molecule has 4 nitrogen and oxygen atoms in total. The zero-order valence-corrected chi connectivity index (χ0v) is 18.3. The van der Waals surface area contributed by atoms with Gasteiger partial charge >= 0.3 is 0 Å². The zero-order valence-electron chi connectivity index (χ0n) is 18.3. The Kier molecular flexibility index (Phi) is 7.86. The van der Waals surface area contributed by atoms with Gasteiger partial charge in [-0.2, -0.15) is 0 Å². The SMILES string of the molecule is Cc1ccc(CN(CCc2ccccc2)C(=O)CN(Cc2ccccc2)C(C)C)o1. The fourth-order valence-electron chi connectivity index (χ4n) is 3.47. The average Bonchev–Trinajstić information content (AvgIpc) is 3.16. The summed E-state index contributed by atoms with van der Waals surface area (Å²) >= 11 is 0. The monoisotopic (exact) mass is 404 g/mol. The van der Waals surface area contributed by atoms with Crippen molar-refractivity contribution in [2.75, 3.05) is 13.1 Å². The lowest BCUT2D eigenvalue weighted by atomic mass is 10.1. The topological polar surface area (TPSA) is 36.7 Å². The van der Waals surface area contributed by atoms with Gasteiger partial charge in [0.2, 0.25) is 5.91 Å². The Bertz CT molecular complexity index is 903. The van der Waals surface area contributed by atoms with Gasteiger partial charge in [0, 0.05) is 19.1 Å². The molecular weight excluding hydrogens is 372 g/mol. The normalized spacial score (nSPS) is 11.2. The number of aryl methyl sites for hydroxylation is 1. The van der Waals surface area contributed by atoms with Crippen LogP contribution in [0.2, 0.25) is 0 Å². The van der Waals surface area contributed by atoms with Crippen molar-refractivity contribution in [1.82, 2.24) is 9.80 Å². The van der Waals surface area contributed by atoms with E-state index in [1.54, 1.807) is 0 Å². The lowest BCUT2D eigenvalue weighted by Crippen LogP contribution is -2.43. The molecular formula is C26H32N2O2. The third-order valence-corrected chi connectivity index (χ3v) is 5.31. The van der Waals surface area contributed by atoms with E-state index in [4.69, 9.17) is 4.42 Å². The van der Waals surface area contributed by atoms with Gasteiger partial charge in [0.05, 0.1) is 13.1 Å². The lowest BCUT2D eigenvalue weighted by Gasteiger charge is -2.29. The molecule has 0 N–H and O–H groups in total. The molecule has 1 aromatic heterocycles. The van der Waals surface area contributed by atoms with E-state index in [9.17, 15) is 4.79 Å². The van der Waals surface area contributed by atoms with Crippen LogP contribution in [0.4, 0.5) is 0 Å². The molecule has 0 radical (unpaired) electrons. The van der Waals surface area contributed by atoms with Crippen LogP contribution in [-0.4, -0.2) is 34.8 Å². The molecule has 0 spiro atoms. The predicted octanol–water partition coefficient (Wildman–Crippen LogP) is 5.07. The maximum Gasteiger partial charge on any atom is 0.237 e. The lowest BCUT2D eigenvalue weighted by molar-refractivity contribution is -0.134. The first-order chi connectivity index (χ1) is 14.5. The van der Waals surface area contributed by atoms with Crippen molar-refractivity contribution in [3.05, 3.63) is 95.4 Å². The number of furan rings is 1. The molecule has 0 bridgehead atoms. The highest BCUT2D eigenvalue weighted by atomic mass is 16.3. The van der Waals surface area contributed by atoms with Crippen molar-refractivity contribution in [2.24, 2.45) is 0 Å². The Morgan fingerprint density at radius 1 is 0.867 bits per heavy atom. The molecule has 2 aromatic carbocycles. The van der Waals surface area contributed by atoms with Crippen LogP contribution in [0.3, 0.4) is 0 Å². The van der Waals surface area contributed by atoms with E-state index in [2.05, 4.69) is 43.0 Å². The largest absolute Gasteiger partial charge is 0.464 e. The number of rotatable bonds is 10. The van der Waals surface area contributed by atoms with Gasteiger partial charge in [0.1, 0.15) is 11.5 Å². The molecule has 0 aliphatic carbocycles. The van der Waals surface area contributed by atoms with Crippen molar-refractivity contribution in [3.8, 4) is 0 Å². The maximum absolute atomic E-state index is 13.3. The number of hydrogen-bond acceptors (Lipinski definition) is 3. The molecule has 0 atom stereocenters. The van der Waals surface area contributed by atoms with Gasteiger partial charge in [-0.05, 0) is 50.5 Å². The maximum atomic E-state index is 13.3. The van der Waals surface area contributed by atoms with Crippen LogP contribution >= 0.6 is 0 Å². The quantitative estimate of drug-likeness (QED) is 0.473. The summed E-state index contributed by atoms with van der Waals surface area (Å²) in [5.41, 5.74) is 2.45.